The van der Waals surface area contributed by atoms with Gasteiger partial charge in [-0.3, -0.25) is 0 Å². The van der Waals surface area contributed by atoms with Crippen LogP contribution in [-0.2, 0) is 0 Å². The predicted octanol–water partition coefficient (Wildman–Crippen LogP) is 4.54. The van der Waals surface area contributed by atoms with Crippen LogP contribution >= 0.6 is 0 Å². The third kappa shape index (κ3) is 3.66. The molecule has 2 nitrogen and oxygen atoms in total. The Morgan fingerprint density at radius 2 is 2.00 bits per heavy atom. The third-order valence-corrected chi connectivity index (χ3v) is 3.97. The van der Waals surface area contributed by atoms with Gasteiger partial charge in [0.15, 0.2) is 0 Å². The molecule has 0 radical (unpaired) electrons. The first-order chi connectivity index (χ1) is 9.81. The summed E-state index contributed by atoms with van der Waals surface area (Å²) in [6.07, 6.45) is -2.95. The fraction of sp³-hybridized carbons (Fsp3) is 0.533. The number of hydrogen-bond acceptors (Lipinski definition) is 2. The molecular formula is C15H16F4N2. The number of rotatable bonds is 2. The van der Waals surface area contributed by atoms with E-state index in [0.717, 1.165) is 6.07 Å². The molecule has 1 saturated carbocycles. The molecule has 2 unspecified atom stereocenters. The maximum atomic E-state index is 13.7. The van der Waals surface area contributed by atoms with E-state index in [9.17, 15) is 17.6 Å². The molecule has 0 heterocycles. The van der Waals surface area contributed by atoms with Crippen molar-refractivity contribution >= 4 is 5.69 Å². The van der Waals surface area contributed by atoms with Crippen LogP contribution in [-0.4, -0.2) is 12.2 Å². The van der Waals surface area contributed by atoms with Gasteiger partial charge in [-0.15, -0.1) is 0 Å². The van der Waals surface area contributed by atoms with Crippen molar-refractivity contribution < 1.29 is 17.6 Å². The average molecular weight is 300 g/mol. The summed E-state index contributed by atoms with van der Waals surface area (Å²) in [6.45, 7) is 1.54. The first-order valence-corrected chi connectivity index (χ1v) is 6.84. The molecule has 114 valence electrons. The van der Waals surface area contributed by atoms with Gasteiger partial charge in [0.05, 0.1) is 17.6 Å². The maximum absolute atomic E-state index is 13.7. The lowest BCUT2D eigenvalue weighted by Crippen LogP contribution is -2.34. The lowest BCUT2D eigenvalue weighted by Gasteiger charge is -2.32. The molecule has 1 aromatic carbocycles. The predicted molar refractivity (Wildman–Crippen MR) is 71.3 cm³/mol. The van der Waals surface area contributed by atoms with Crippen molar-refractivity contribution in [3.8, 4) is 6.07 Å². The van der Waals surface area contributed by atoms with E-state index in [1.165, 1.54) is 6.07 Å². The van der Waals surface area contributed by atoms with E-state index in [-0.39, 0.29) is 24.4 Å². The Morgan fingerprint density at radius 1 is 1.29 bits per heavy atom. The van der Waals surface area contributed by atoms with Crippen LogP contribution in [0.3, 0.4) is 0 Å². The molecule has 0 aliphatic heterocycles. The smallest absolute Gasteiger partial charge is 0.382 e. The van der Waals surface area contributed by atoms with E-state index < -0.39 is 17.9 Å². The Balaban J connectivity index is 2.15. The molecule has 1 aliphatic rings. The lowest BCUT2D eigenvalue weighted by atomic mass is 9.85. The second kappa shape index (κ2) is 5.92. The van der Waals surface area contributed by atoms with E-state index in [4.69, 9.17) is 5.26 Å². The highest BCUT2D eigenvalue weighted by molar-refractivity contribution is 5.56. The molecule has 1 N–H and O–H groups in total. The average Bonchev–Trinajstić information content (AvgIpc) is 2.43. The van der Waals surface area contributed by atoms with Gasteiger partial charge in [-0.2, -0.15) is 18.4 Å². The topological polar surface area (TPSA) is 35.8 Å². The van der Waals surface area contributed by atoms with Gasteiger partial charge in [-0.25, -0.2) is 4.39 Å². The van der Waals surface area contributed by atoms with Crippen LogP contribution in [0.4, 0.5) is 23.2 Å². The van der Waals surface area contributed by atoms with E-state index in [1.54, 1.807) is 6.92 Å². The zero-order valence-corrected chi connectivity index (χ0v) is 11.6. The Kier molecular flexibility index (Phi) is 4.40. The Hall–Kier alpha value is -1.77. The van der Waals surface area contributed by atoms with E-state index in [2.05, 4.69) is 5.32 Å². The summed E-state index contributed by atoms with van der Waals surface area (Å²) < 4.78 is 52.0. The molecular weight excluding hydrogens is 284 g/mol. The standard InChI is InChI=1S/C15H16F4N2/c1-9-13(16)5-10(8-20)6-14(9)21-12-4-2-3-11(7-12)15(17,18)19/h5-6,11-12,21H,2-4,7H2,1H3. The van der Waals surface area contributed by atoms with Crippen molar-refractivity contribution in [3.05, 3.63) is 29.1 Å². The molecule has 2 atom stereocenters. The van der Waals surface area contributed by atoms with Crippen LogP contribution in [0.25, 0.3) is 0 Å². The van der Waals surface area contributed by atoms with Crippen LogP contribution in [0.15, 0.2) is 12.1 Å². The van der Waals surface area contributed by atoms with Crippen LogP contribution in [0.1, 0.15) is 36.8 Å². The largest absolute Gasteiger partial charge is 0.391 e. The van der Waals surface area contributed by atoms with Crippen molar-refractivity contribution in [2.24, 2.45) is 5.92 Å². The van der Waals surface area contributed by atoms with E-state index >= 15 is 0 Å². The van der Waals surface area contributed by atoms with E-state index in [1.807, 2.05) is 6.07 Å². The van der Waals surface area contributed by atoms with Crippen LogP contribution in [0.5, 0.6) is 0 Å². The molecule has 1 aliphatic carbocycles. The highest BCUT2D eigenvalue weighted by Crippen LogP contribution is 2.38. The zero-order chi connectivity index (χ0) is 15.6. The molecule has 6 heteroatoms. The van der Waals surface area contributed by atoms with Crippen molar-refractivity contribution in [3.63, 3.8) is 0 Å². The number of nitriles is 1. The molecule has 2 rings (SSSR count). The Morgan fingerprint density at radius 3 is 2.62 bits per heavy atom. The summed E-state index contributed by atoms with van der Waals surface area (Å²) in [5, 5.41) is 11.8. The van der Waals surface area contributed by atoms with Gasteiger partial charge >= 0.3 is 6.18 Å². The van der Waals surface area contributed by atoms with Gasteiger partial charge in [-0.05, 0) is 38.3 Å². The Labute approximate surface area is 120 Å². The molecule has 0 aromatic heterocycles. The monoisotopic (exact) mass is 300 g/mol. The van der Waals surface area contributed by atoms with Crippen LogP contribution in [0.2, 0.25) is 0 Å². The highest BCUT2D eigenvalue weighted by atomic mass is 19.4. The number of alkyl halides is 3. The molecule has 1 aromatic rings. The summed E-state index contributed by atoms with van der Waals surface area (Å²) in [4.78, 5) is 0. The number of halogens is 4. The Bertz CT molecular complexity index is 560. The van der Waals surface area contributed by atoms with E-state index in [0.29, 0.717) is 24.1 Å². The van der Waals surface area contributed by atoms with Crippen molar-refractivity contribution in [1.82, 2.24) is 0 Å². The highest BCUT2D eigenvalue weighted by Gasteiger charge is 2.42. The van der Waals surface area contributed by atoms with Gasteiger partial charge in [0.25, 0.3) is 0 Å². The van der Waals surface area contributed by atoms with Gasteiger partial charge in [-0.1, -0.05) is 6.42 Å². The van der Waals surface area contributed by atoms with Gasteiger partial charge < -0.3 is 5.32 Å². The molecule has 21 heavy (non-hydrogen) atoms. The maximum Gasteiger partial charge on any atom is 0.391 e. The van der Waals surface area contributed by atoms with Crippen molar-refractivity contribution in [2.75, 3.05) is 5.32 Å². The normalized spacial score (nSPS) is 22.7. The van der Waals surface area contributed by atoms with Crippen molar-refractivity contribution in [1.29, 1.82) is 5.26 Å². The first kappa shape index (κ1) is 15.6. The first-order valence-electron chi connectivity index (χ1n) is 6.84. The minimum atomic E-state index is -4.19. The fourth-order valence-corrected chi connectivity index (χ4v) is 2.73. The SMILES string of the molecule is Cc1c(F)cc(C#N)cc1NC1CCCC(C(F)(F)F)C1. The fourth-order valence-electron chi connectivity index (χ4n) is 2.73. The second-order valence-corrected chi connectivity index (χ2v) is 5.49. The van der Waals surface area contributed by atoms with Gasteiger partial charge in [0.2, 0.25) is 0 Å². The molecule has 1 fully saturated rings. The molecule has 0 spiro atoms. The minimum Gasteiger partial charge on any atom is -0.382 e. The molecule has 0 bridgehead atoms. The summed E-state index contributed by atoms with van der Waals surface area (Å²) in [5.74, 6) is -1.84. The lowest BCUT2D eigenvalue weighted by molar-refractivity contribution is -0.182. The summed E-state index contributed by atoms with van der Waals surface area (Å²) in [7, 11) is 0. The number of nitrogens with one attached hydrogen (secondary N) is 1. The summed E-state index contributed by atoms with van der Waals surface area (Å²) >= 11 is 0. The third-order valence-electron chi connectivity index (χ3n) is 3.97. The summed E-state index contributed by atoms with van der Waals surface area (Å²) in [6, 6.07) is 4.10. The number of hydrogen-bond donors (Lipinski definition) is 1. The molecule has 0 amide bonds. The number of benzene rings is 1. The number of nitrogens with zero attached hydrogens (tertiary/aromatic N) is 1. The van der Waals surface area contributed by atoms with Gasteiger partial charge in [0, 0.05) is 17.3 Å². The van der Waals surface area contributed by atoms with Gasteiger partial charge in [0.1, 0.15) is 5.82 Å². The second-order valence-electron chi connectivity index (χ2n) is 5.49. The molecule has 0 saturated heterocycles. The van der Waals surface area contributed by atoms with Crippen LogP contribution < -0.4 is 5.32 Å². The number of anilines is 1. The minimum absolute atomic E-state index is 0.0126. The zero-order valence-electron chi connectivity index (χ0n) is 11.6. The quantitative estimate of drug-likeness (QED) is 0.814. The summed E-state index contributed by atoms with van der Waals surface area (Å²) in [5.41, 5.74) is 0.881. The van der Waals surface area contributed by atoms with Crippen molar-refractivity contribution in [2.45, 2.75) is 44.8 Å². The van der Waals surface area contributed by atoms with Crippen LogP contribution in [0, 0.1) is 30.0 Å².